The number of nitrogens with zero attached hydrogens (tertiary/aromatic N) is 1. The molecule has 0 spiro atoms. The van der Waals surface area contributed by atoms with Crippen LogP contribution in [0.5, 0.6) is 0 Å². The number of aliphatic hydroxyl groups is 1. The SMILES string of the molecule is Cc1cscc1C(=O)Nc1ccc(N(C)CCO)cc1. The summed E-state index contributed by atoms with van der Waals surface area (Å²) in [4.78, 5) is 14.0. The van der Waals surface area contributed by atoms with Crippen LogP contribution in [-0.2, 0) is 0 Å². The first-order valence-electron chi connectivity index (χ1n) is 6.38. The van der Waals surface area contributed by atoms with Crippen LogP contribution in [0.25, 0.3) is 0 Å². The maximum absolute atomic E-state index is 12.1. The Kier molecular flexibility index (Phi) is 4.76. The van der Waals surface area contributed by atoms with Crippen molar-refractivity contribution in [2.75, 3.05) is 30.4 Å². The Bertz CT molecular complexity index is 578. The van der Waals surface area contributed by atoms with Crippen LogP contribution < -0.4 is 10.2 Å². The Hall–Kier alpha value is -1.85. The predicted molar refractivity (Wildman–Crippen MR) is 83.8 cm³/mol. The Morgan fingerprint density at radius 3 is 2.55 bits per heavy atom. The standard InChI is InChI=1S/C15H18N2O2S/c1-11-9-20-10-14(11)15(19)16-12-3-5-13(6-4-12)17(2)7-8-18/h3-6,9-10,18H,7-8H2,1-2H3,(H,16,19). The second kappa shape index (κ2) is 6.54. The van der Waals surface area contributed by atoms with Crippen molar-refractivity contribution in [1.82, 2.24) is 0 Å². The minimum absolute atomic E-state index is 0.0831. The van der Waals surface area contributed by atoms with E-state index in [1.807, 2.05) is 53.9 Å². The lowest BCUT2D eigenvalue weighted by Crippen LogP contribution is -2.21. The van der Waals surface area contributed by atoms with Gasteiger partial charge in [0.2, 0.25) is 0 Å². The Balaban J connectivity index is 2.04. The van der Waals surface area contributed by atoms with Gasteiger partial charge in [-0.1, -0.05) is 0 Å². The van der Waals surface area contributed by atoms with E-state index in [0.717, 1.165) is 22.5 Å². The fraction of sp³-hybridized carbons (Fsp3) is 0.267. The summed E-state index contributed by atoms with van der Waals surface area (Å²) in [5, 5.41) is 15.6. The van der Waals surface area contributed by atoms with Crippen molar-refractivity contribution < 1.29 is 9.90 Å². The van der Waals surface area contributed by atoms with Gasteiger partial charge in [0.1, 0.15) is 0 Å². The molecule has 2 N–H and O–H groups in total. The van der Waals surface area contributed by atoms with Crippen LogP contribution in [0, 0.1) is 6.92 Å². The molecule has 0 fully saturated rings. The number of carbonyl (C=O) groups excluding carboxylic acids is 1. The van der Waals surface area contributed by atoms with Gasteiger partial charge in [0.05, 0.1) is 12.2 Å². The van der Waals surface area contributed by atoms with Crippen molar-refractivity contribution in [1.29, 1.82) is 0 Å². The van der Waals surface area contributed by atoms with Crippen LogP contribution in [0.4, 0.5) is 11.4 Å². The van der Waals surface area contributed by atoms with Gasteiger partial charge in [0.25, 0.3) is 5.91 Å². The summed E-state index contributed by atoms with van der Waals surface area (Å²) in [6, 6.07) is 7.57. The lowest BCUT2D eigenvalue weighted by atomic mass is 10.2. The van der Waals surface area contributed by atoms with E-state index in [1.165, 1.54) is 11.3 Å². The largest absolute Gasteiger partial charge is 0.395 e. The molecule has 4 nitrogen and oxygen atoms in total. The number of nitrogens with one attached hydrogen (secondary N) is 1. The van der Waals surface area contributed by atoms with Crippen LogP contribution in [0.2, 0.25) is 0 Å². The summed E-state index contributed by atoms with van der Waals surface area (Å²) in [5.41, 5.74) is 3.48. The van der Waals surface area contributed by atoms with E-state index in [1.54, 1.807) is 0 Å². The number of likely N-dealkylation sites (N-methyl/N-ethyl adjacent to an activating group) is 1. The number of amides is 1. The third-order valence-electron chi connectivity index (χ3n) is 3.10. The number of anilines is 2. The van der Waals surface area contributed by atoms with E-state index in [9.17, 15) is 4.79 Å². The van der Waals surface area contributed by atoms with Crippen LogP contribution in [0.15, 0.2) is 35.0 Å². The second-order valence-corrected chi connectivity index (χ2v) is 5.36. The van der Waals surface area contributed by atoms with E-state index in [4.69, 9.17) is 5.11 Å². The van der Waals surface area contributed by atoms with Gasteiger partial charge in [-0.2, -0.15) is 11.3 Å². The van der Waals surface area contributed by atoms with Gasteiger partial charge in [0, 0.05) is 30.3 Å². The summed E-state index contributed by atoms with van der Waals surface area (Å²) in [5.74, 6) is -0.0831. The summed E-state index contributed by atoms with van der Waals surface area (Å²) < 4.78 is 0. The van der Waals surface area contributed by atoms with Crippen molar-refractivity contribution >= 4 is 28.6 Å². The third kappa shape index (κ3) is 3.37. The molecule has 0 aliphatic heterocycles. The number of benzene rings is 1. The molecule has 2 rings (SSSR count). The number of hydrogen-bond donors (Lipinski definition) is 2. The molecule has 106 valence electrons. The molecule has 0 unspecified atom stereocenters. The van der Waals surface area contributed by atoms with Crippen molar-refractivity contribution in [3.8, 4) is 0 Å². The predicted octanol–water partition coefficient (Wildman–Crippen LogP) is 2.74. The highest BCUT2D eigenvalue weighted by Gasteiger charge is 2.10. The molecule has 20 heavy (non-hydrogen) atoms. The first-order valence-corrected chi connectivity index (χ1v) is 7.32. The highest BCUT2D eigenvalue weighted by atomic mass is 32.1. The molecule has 0 aliphatic carbocycles. The average Bonchev–Trinajstić information content (AvgIpc) is 2.86. The quantitative estimate of drug-likeness (QED) is 0.890. The van der Waals surface area contributed by atoms with E-state index < -0.39 is 0 Å². The smallest absolute Gasteiger partial charge is 0.256 e. The number of hydrogen-bond acceptors (Lipinski definition) is 4. The second-order valence-electron chi connectivity index (χ2n) is 4.61. The van der Waals surface area contributed by atoms with Gasteiger partial charge in [-0.05, 0) is 42.1 Å². The van der Waals surface area contributed by atoms with Crippen molar-refractivity contribution in [2.24, 2.45) is 0 Å². The fourth-order valence-corrected chi connectivity index (χ4v) is 2.70. The minimum Gasteiger partial charge on any atom is -0.395 e. The molecule has 0 bridgehead atoms. The van der Waals surface area contributed by atoms with E-state index in [0.29, 0.717) is 6.54 Å². The van der Waals surface area contributed by atoms with E-state index in [2.05, 4.69) is 5.32 Å². The summed E-state index contributed by atoms with van der Waals surface area (Å²) in [7, 11) is 1.92. The lowest BCUT2D eigenvalue weighted by Gasteiger charge is -2.18. The molecule has 0 saturated carbocycles. The average molecular weight is 290 g/mol. The molecule has 1 aromatic heterocycles. The summed E-state index contributed by atoms with van der Waals surface area (Å²) >= 11 is 1.53. The molecule has 0 radical (unpaired) electrons. The number of aryl methyl sites for hydroxylation is 1. The van der Waals surface area contributed by atoms with Crippen LogP contribution in [-0.4, -0.2) is 31.2 Å². The van der Waals surface area contributed by atoms with Crippen LogP contribution in [0.3, 0.4) is 0 Å². The Labute approximate surface area is 122 Å². The molecule has 5 heteroatoms. The van der Waals surface area contributed by atoms with Crippen molar-refractivity contribution in [3.63, 3.8) is 0 Å². The van der Waals surface area contributed by atoms with Gasteiger partial charge in [0.15, 0.2) is 0 Å². The zero-order valence-corrected chi connectivity index (χ0v) is 12.4. The van der Waals surface area contributed by atoms with Crippen molar-refractivity contribution in [3.05, 3.63) is 46.2 Å². The maximum atomic E-state index is 12.1. The summed E-state index contributed by atoms with van der Waals surface area (Å²) in [6.07, 6.45) is 0. The van der Waals surface area contributed by atoms with E-state index >= 15 is 0 Å². The molecule has 1 aromatic carbocycles. The van der Waals surface area contributed by atoms with Crippen molar-refractivity contribution in [2.45, 2.75) is 6.92 Å². The zero-order valence-electron chi connectivity index (χ0n) is 11.6. The topological polar surface area (TPSA) is 52.6 Å². The summed E-state index contributed by atoms with van der Waals surface area (Å²) in [6.45, 7) is 2.63. The van der Waals surface area contributed by atoms with E-state index in [-0.39, 0.29) is 12.5 Å². The van der Waals surface area contributed by atoms with Gasteiger partial charge in [-0.25, -0.2) is 0 Å². The molecular formula is C15H18N2O2S. The lowest BCUT2D eigenvalue weighted by molar-refractivity contribution is 0.102. The third-order valence-corrected chi connectivity index (χ3v) is 3.96. The number of thiophene rings is 1. The molecule has 1 heterocycles. The first kappa shape index (κ1) is 14.6. The van der Waals surface area contributed by atoms with Gasteiger partial charge < -0.3 is 15.3 Å². The van der Waals surface area contributed by atoms with Crippen LogP contribution in [0.1, 0.15) is 15.9 Å². The van der Waals surface area contributed by atoms with Gasteiger partial charge >= 0.3 is 0 Å². The Morgan fingerprint density at radius 1 is 1.30 bits per heavy atom. The molecule has 0 saturated heterocycles. The molecule has 0 aliphatic rings. The molecule has 2 aromatic rings. The number of aliphatic hydroxyl groups excluding tert-OH is 1. The number of carbonyl (C=O) groups is 1. The fourth-order valence-electron chi connectivity index (χ4n) is 1.87. The monoisotopic (exact) mass is 290 g/mol. The first-order chi connectivity index (χ1) is 9.61. The normalized spacial score (nSPS) is 10.3. The zero-order chi connectivity index (χ0) is 14.5. The molecule has 0 atom stereocenters. The highest BCUT2D eigenvalue weighted by molar-refractivity contribution is 7.08. The van der Waals surface area contributed by atoms with Gasteiger partial charge in [-0.15, -0.1) is 0 Å². The highest BCUT2D eigenvalue weighted by Crippen LogP contribution is 2.19. The maximum Gasteiger partial charge on any atom is 0.256 e. The molecular weight excluding hydrogens is 272 g/mol. The van der Waals surface area contributed by atoms with Gasteiger partial charge in [-0.3, -0.25) is 4.79 Å². The van der Waals surface area contributed by atoms with Crippen LogP contribution >= 0.6 is 11.3 Å². The molecule has 1 amide bonds. The minimum atomic E-state index is -0.0831. The number of rotatable bonds is 5. The Morgan fingerprint density at radius 2 is 2.00 bits per heavy atom.